The van der Waals surface area contributed by atoms with Crippen molar-refractivity contribution < 1.29 is 26.9 Å². The fraction of sp³-hybridized carbons (Fsp3) is 0.941. The SMILES string of the molecule is CCCCOC(=O)[C@@H](CC(C)CC)[C@H](N[S@@](=O)C(C)(C)C)C(F)(F)F. The number of hydrogen-bond donors (Lipinski definition) is 1. The summed E-state index contributed by atoms with van der Waals surface area (Å²) < 4.78 is 59.4. The summed E-state index contributed by atoms with van der Waals surface area (Å²) in [5.41, 5.74) is 0. The van der Waals surface area contributed by atoms with Gasteiger partial charge in [0.05, 0.1) is 28.3 Å². The Labute approximate surface area is 151 Å². The van der Waals surface area contributed by atoms with Gasteiger partial charge < -0.3 is 4.74 Å². The van der Waals surface area contributed by atoms with E-state index in [9.17, 15) is 22.2 Å². The summed E-state index contributed by atoms with van der Waals surface area (Å²) in [7, 11) is -1.95. The first-order valence-corrected chi connectivity index (χ1v) is 9.90. The van der Waals surface area contributed by atoms with Crippen LogP contribution in [-0.2, 0) is 20.5 Å². The highest BCUT2D eigenvalue weighted by Gasteiger charge is 2.49. The van der Waals surface area contributed by atoms with E-state index in [1.165, 1.54) is 0 Å². The maximum atomic E-state index is 13.6. The molecule has 0 heterocycles. The second-order valence-corrected chi connectivity index (χ2v) is 9.39. The molecule has 0 bridgehead atoms. The van der Waals surface area contributed by atoms with Crippen molar-refractivity contribution in [1.82, 2.24) is 4.72 Å². The Morgan fingerprint density at radius 2 is 1.76 bits per heavy atom. The van der Waals surface area contributed by atoms with Crippen LogP contribution in [0.4, 0.5) is 13.2 Å². The van der Waals surface area contributed by atoms with E-state index in [0.29, 0.717) is 12.8 Å². The predicted molar refractivity (Wildman–Crippen MR) is 94.3 cm³/mol. The minimum Gasteiger partial charge on any atom is -0.465 e. The van der Waals surface area contributed by atoms with Gasteiger partial charge in [-0.3, -0.25) is 4.79 Å². The van der Waals surface area contributed by atoms with Gasteiger partial charge in [0, 0.05) is 0 Å². The highest BCUT2D eigenvalue weighted by atomic mass is 32.2. The lowest BCUT2D eigenvalue weighted by molar-refractivity contribution is -0.180. The first kappa shape index (κ1) is 24.4. The van der Waals surface area contributed by atoms with Crippen LogP contribution in [0.15, 0.2) is 0 Å². The molecule has 0 radical (unpaired) electrons. The molecule has 1 N–H and O–H groups in total. The van der Waals surface area contributed by atoms with Crippen molar-refractivity contribution in [1.29, 1.82) is 0 Å². The van der Waals surface area contributed by atoms with Crippen molar-refractivity contribution >= 4 is 17.0 Å². The quantitative estimate of drug-likeness (QED) is 0.447. The Hall–Kier alpha value is -0.630. The largest absolute Gasteiger partial charge is 0.465 e. The van der Waals surface area contributed by atoms with Crippen LogP contribution in [0.5, 0.6) is 0 Å². The topological polar surface area (TPSA) is 55.4 Å². The molecule has 0 aromatic heterocycles. The van der Waals surface area contributed by atoms with Gasteiger partial charge in [-0.2, -0.15) is 13.2 Å². The smallest absolute Gasteiger partial charge is 0.405 e. The number of carbonyl (C=O) groups is 1. The number of unbranched alkanes of at least 4 members (excludes halogenated alkanes) is 1. The molecular formula is C17H32F3NO3S. The highest BCUT2D eigenvalue weighted by molar-refractivity contribution is 7.84. The molecule has 1 unspecified atom stereocenters. The van der Waals surface area contributed by atoms with Gasteiger partial charge in [0.25, 0.3) is 0 Å². The molecule has 0 aliphatic carbocycles. The van der Waals surface area contributed by atoms with Crippen molar-refractivity contribution in [2.45, 2.75) is 84.2 Å². The van der Waals surface area contributed by atoms with Crippen LogP contribution in [0.1, 0.15) is 67.2 Å². The first-order chi connectivity index (χ1) is 11.3. The van der Waals surface area contributed by atoms with Crippen molar-refractivity contribution in [3.05, 3.63) is 0 Å². The van der Waals surface area contributed by atoms with Crippen molar-refractivity contribution in [3.63, 3.8) is 0 Å². The average molecular weight is 388 g/mol. The lowest BCUT2D eigenvalue weighted by Crippen LogP contribution is -2.54. The van der Waals surface area contributed by atoms with Crippen LogP contribution in [0.3, 0.4) is 0 Å². The second kappa shape index (κ2) is 10.5. The zero-order chi connectivity index (χ0) is 19.8. The molecule has 0 aliphatic heterocycles. The minimum absolute atomic E-state index is 0.0278. The maximum Gasteiger partial charge on any atom is 0.405 e. The number of halogens is 3. The number of ether oxygens (including phenoxy) is 1. The molecule has 0 spiro atoms. The Morgan fingerprint density at radius 3 is 2.16 bits per heavy atom. The molecule has 4 nitrogen and oxygen atoms in total. The zero-order valence-corrected chi connectivity index (χ0v) is 16.9. The van der Waals surface area contributed by atoms with E-state index < -0.39 is 39.8 Å². The van der Waals surface area contributed by atoms with Gasteiger partial charge >= 0.3 is 12.1 Å². The van der Waals surface area contributed by atoms with E-state index in [-0.39, 0.29) is 18.9 Å². The third-order valence-electron chi connectivity index (χ3n) is 3.94. The Morgan fingerprint density at radius 1 is 1.20 bits per heavy atom. The Balaban J connectivity index is 5.51. The summed E-state index contributed by atoms with van der Waals surface area (Å²) in [6.07, 6.45) is -2.66. The Bertz CT molecular complexity index is 436. The van der Waals surface area contributed by atoms with E-state index >= 15 is 0 Å². The number of hydrogen-bond acceptors (Lipinski definition) is 3. The summed E-state index contributed by atoms with van der Waals surface area (Å²) in [5.74, 6) is -2.38. The van der Waals surface area contributed by atoms with Crippen LogP contribution < -0.4 is 4.72 Å². The standard InChI is InChI=1S/C17H32F3NO3S/c1-7-9-10-24-15(22)13(11-12(3)8-2)14(17(18,19)20)21-25(23)16(4,5)6/h12-14,21H,7-11H2,1-6H3/t12?,13-,14-,25-/m0/s1. The van der Waals surface area contributed by atoms with E-state index in [1.54, 1.807) is 27.7 Å². The van der Waals surface area contributed by atoms with E-state index in [0.717, 1.165) is 6.42 Å². The number of rotatable bonds is 10. The molecule has 0 saturated carbocycles. The summed E-state index contributed by atoms with van der Waals surface area (Å²) in [4.78, 5) is 12.3. The number of nitrogens with one attached hydrogen (secondary N) is 1. The fourth-order valence-electron chi connectivity index (χ4n) is 2.06. The predicted octanol–water partition coefficient (Wildman–Crippen LogP) is 4.36. The monoisotopic (exact) mass is 387 g/mol. The van der Waals surface area contributed by atoms with Gasteiger partial charge in [-0.15, -0.1) is 0 Å². The van der Waals surface area contributed by atoms with Crippen LogP contribution in [0, 0.1) is 11.8 Å². The summed E-state index contributed by atoms with van der Waals surface area (Å²) >= 11 is 0. The van der Waals surface area contributed by atoms with Gasteiger partial charge in [0.2, 0.25) is 0 Å². The van der Waals surface area contributed by atoms with E-state index in [1.807, 2.05) is 13.8 Å². The highest BCUT2D eigenvalue weighted by Crippen LogP contribution is 2.32. The third-order valence-corrected chi connectivity index (χ3v) is 5.52. The van der Waals surface area contributed by atoms with Crippen molar-refractivity contribution in [2.24, 2.45) is 11.8 Å². The third kappa shape index (κ3) is 9.03. The van der Waals surface area contributed by atoms with E-state index in [2.05, 4.69) is 4.72 Å². The van der Waals surface area contributed by atoms with Crippen molar-refractivity contribution in [2.75, 3.05) is 6.61 Å². The number of carbonyl (C=O) groups excluding carboxylic acids is 1. The van der Waals surface area contributed by atoms with Gasteiger partial charge in [0.15, 0.2) is 0 Å². The molecule has 4 atom stereocenters. The van der Waals surface area contributed by atoms with Crippen molar-refractivity contribution in [3.8, 4) is 0 Å². The molecule has 0 saturated heterocycles. The number of alkyl halides is 3. The van der Waals surface area contributed by atoms with E-state index in [4.69, 9.17) is 4.74 Å². The van der Waals surface area contributed by atoms with Crippen LogP contribution >= 0.6 is 0 Å². The molecule has 0 aliphatic rings. The lowest BCUT2D eigenvalue weighted by atomic mass is 9.88. The summed E-state index contributed by atoms with van der Waals surface area (Å²) in [6.45, 7) is 10.4. The normalized spacial score (nSPS) is 17.6. The van der Waals surface area contributed by atoms with Gasteiger partial charge in [0.1, 0.15) is 6.04 Å². The molecule has 0 amide bonds. The molecule has 25 heavy (non-hydrogen) atoms. The average Bonchev–Trinajstić information content (AvgIpc) is 2.48. The summed E-state index contributed by atoms with van der Waals surface area (Å²) in [6, 6.07) is -2.20. The molecular weight excluding hydrogens is 355 g/mol. The lowest BCUT2D eigenvalue weighted by Gasteiger charge is -2.31. The van der Waals surface area contributed by atoms with Crippen LogP contribution in [0.2, 0.25) is 0 Å². The van der Waals surface area contributed by atoms with Gasteiger partial charge in [-0.1, -0.05) is 33.6 Å². The van der Waals surface area contributed by atoms with Crippen LogP contribution in [-0.4, -0.2) is 33.8 Å². The molecule has 0 rings (SSSR count). The Kier molecular flexibility index (Phi) is 10.2. The molecule has 0 aromatic rings. The molecule has 0 fully saturated rings. The first-order valence-electron chi connectivity index (χ1n) is 8.75. The summed E-state index contributed by atoms with van der Waals surface area (Å²) in [5, 5.41) is 0. The maximum absolute atomic E-state index is 13.6. The second-order valence-electron chi connectivity index (χ2n) is 7.39. The molecule has 0 aromatic carbocycles. The number of esters is 1. The van der Waals surface area contributed by atoms with Crippen LogP contribution in [0.25, 0.3) is 0 Å². The van der Waals surface area contributed by atoms with Gasteiger partial charge in [-0.25, -0.2) is 8.93 Å². The fourth-order valence-corrected chi connectivity index (χ4v) is 2.94. The molecule has 8 heteroatoms. The zero-order valence-electron chi connectivity index (χ0n) is 16.0. The van der Waals surface area contributed by atoms with Gasteiger partial charge in [-0.05, 0) is 39.5 Å². The minimum atomic E-state index is -4.71. The molecule has 150 valence electrons.